The van der Waals surface area contributed by atoms with Crippen molar-refractivity contribution in [2.75, 3.05) is 19.8 Å². The van der Waals surface area contributed by atoms with Crippen LogP contribution in [0.25, 0.3) is 0 Å². The second-order valence-corrected chi connectivity index (χ2v) is 9.38. The molecule has 2 heterocycles. The van der Waals surface area contributed by atoms with Gasteiger partial charge >= 0.3 is 0 Å². The van der Waals surface area contributed by atoms with E-state index in [2.05, 4.69) is 0 Å². The van der Waals surface area contributed by atoms with Gasteiger partial charge in [-0.2, -0.15) is 0 Å². The van der Waals surface area contributed by atoms with E-state index in [1.165, 1.54) is 32.1 Å². The van der Waals surface area contributed by atoms with Crippen molar-refractivity contribution in [1.82, 2.24) is 0 Å². The maximum absolute atomic E-state index is 10.6. The maximum atomic E-state index is 10.6. The van der Waals surface area contributed by atoms with E-state index in [-0.39, 0.29) is 0 Å². The summed E-state index contributed by atoms with van der Waals surface area (Å²) >= 11 is 0. The van der Waals surface area contributed by atoms with E-state index >= 15 is 0 Å². The van der Waals surface area contributed by atoms with E-state index in [0.29, 0.717) is 6.61 Å². The summed E-state index contributed by atoms with van der Waals surface area (Å²) in [7, 11) is 0. The van der Waals surface area contributed by atoms with Crippen LogP contribution >= 0.6 is 0 Å². The Bertz CT molecular complexity index is 556. The number of ether oxygens (including phenoxy) is 4. The van der Waals surface area contributed by atoms with E-state index in [4.69, 9.17) is 18.9 Å². The van der Waals surface area contributed by atoms with Gasteiger partial charge in [-0.3, -0.25) is 0 Å². The van der Waals surface area contributed by atoms with Gasteiger partial charge in [0.2, 0.25) is 0 Å². The molecule has 3 rings (SSSR count). The minimum absolute atomic E-state index is 0.331. The van der Waals surface area contributed by atoms with Crippen LogP contribution in [0.2, 0.25) is 0 Å². The molecule has 0 radical (unpaired) electrons. The first-order valence-electron chi connectivity index (χ1n) is 12.1. The Kier molecular flexibility index (Phi) is 10.7. The minimum atomic E-state index is -1.69. The van der Waals surface area contributed by atoms with Crippen LogP contribution in [0.15, 0.2) is 0 Å². The highest BCUT2D eigenvalue weighted by Gasteiger charge is 2.50. The molecule has 0 aromatic carbocycles. The van der Waals surface area contributed by atoms with Crippen molar-refractivity contribution in [2.45, 2.75) is 113 Å². The third kappa shape index (κ3) is 6.83. The molecular weight excluding hydrogens is 440 g/mol. The standard InChI is InChI=1S/C22H40O11/c23-10-13-15(25)16(26)18(28)22(31-13)33-20-14(11-24)32-21(19(29)17(20)27)30-9-5-4-8-12-6-2-1-3-7-12/h12-29H,1-11H2/t13-,14-,15-,16+,17-,18-,19-,20-,21-,22-/m1/s1. The van der Waals surface area contributed by atoms with Crippen molar-refractivity contribution in [3.8, 4) is 0 Å². The fourth-order valence-electron chi connectivity index (χ4n) is 4.90. The normalized spacial score (nSPS) is 43.0. The van der Waals surface area contributed by atoms with E-state index in [1.807, 2.05) is 0 Å². The quantitative estimate of drug-likeness (QED) is 0.179. The average molecular weight is 481 g/mol. The molecular formula is C22H40O11. The monoisotopic (exact) mass is 480 g/mol. The third-order valence-electron chi connectivity index (χ3n) is 6.97. The number of rotatable bonds is 10. The number of hydrogen-bond donors (Lipinski definition) is 7. The van der Waals surface area contributed by atoms with Crippen LogP contribution in [0.4, 0.5) is 0 Å². The molecule has 1 aliphatic carbocycles. The third-order valence-corrected chi connectivity index (χ3v) is 6.97. The molecule has 2 saturated heterocycles. The lowest BCUT2D eigenvalue weighted by atomic mass is 9.86. The topological polar surface area (TPSA) is 179 Å². The summed E-state index contributed by atoms with van der Waals surface area (Å²) in [5.41, 5.74) is 0. The van der Waals surface area contributed by atoms with Gasteiger partial charge in [-0.25, -0.2) is 0 Å². The summed E-state index contributed by atoms with van der Waals surface area (Å²) in [6.45, 7) is -0.887. The lowest BCUT2D eigenvalue weighted by molar-refractivity contribution is -0.359. The first kappa shape index (κ1) is 27.2. The maximum Gasteiger partial charge on any atom is 0.187 e. The zero-order valence-corrected chi connectivity index (χ0v) is 18.9. The lowest BCUT2D eigenvalue weighted by Crippen LogP contribution is -2.64. The van der Waals surface area contributed by atoms with E-state index in [1.54, 1.807) is 0 Å². The Balaban J connectivity index is 1.48. The second-order valence-electron chi connectivity index (χ2n) is 9.38. The molecule has 3 fully saturated rings. The first-order valence-corrected chi connectivity index (χ1v) is 12.1. The molecule has 0 unspecified atom stereocenters. The van der Waals surface area contributed by atoms with Crippen LogP contribution in [-0.4, -0.2) is 117 Å². The van der Waals surface area contributed by atoms with E-state index in [9.17, 15) is 35.7 Å². The van der Waals surface area contributed by atoms with Crippen molar-refractivity contribution in [3.05, 3.63) is 0 Å². The molecule has 0 bridgehead atoms. The SMILES string of the molecule is OC[C@H]1O[C@H](O[C@H]2[C@H](O)[C@@H](O)[C@H](OCCCCC3CCCCC3)O[C@@H]2CO)[C@H](O)[C@@H](O)[C@@H]1O. The molecule has 11 heteroatoms. The van der Waals surface area contributed by atoms with Gasteiger partial charge in [-0.15, -0.1) is 0 Å². The Morgan fingerprint density at radius 3 is 1.97 bits per heavy atom. The molecule has 3 aliphatic rings. The Morgan fingerprint density at radius 2 is 1.30 bits per heavy atom. The van der Waals surface area contributed by atoms with Gasteiger partial charge < -0.3 is 54.7 Å². The highest BCUT2D eigenvalue weighted by molar-refractivity contribution is 4.94. The fraction of sp³-hybridized carbons (Fsp3) is 1.00. The number of aliphatic hydroxyl groups excluding tert-OH is 7. The van der Waals surface area contributed by atoms with E-state index < -0.39 is 74.6 Å². The predicted octanol–water partition coefficient (Wildman–Crippen LogP) is -1.62. The number of hydrogen-bond acceptors (Lipinski definition) is 11. The van der Waals surface area contributed by atoms with Gasteiger partial charge in [0.1, 0.15) is 48.8 Å². The lowest BCUT2D eigenvalue weighted by Gasteiger charge is -2.45. The molecule has 0 aromatic rings. The zero-order valence-electron chi connectivity index (χ0n) is 18.9. The Morgan fingerprint density at radius 1 is 0.667 bits per heavy atom. The molecule has 1 saturated carbocycles. The second kappa shape index (κ2) is 13.0. The predicted molar refractivity (Wildman–Crippen MR) is 113 cm³/mol. The van der Waals surface area contributed by atoms with Crippen LogP contribution in [0.3, 0.4) is 0 Å². The molecule has 0 aromatic heterocycles. The van der Waals surface area contributed by atoms with Crippen LogP contribution in [0.5, 0.6) is 0 Å². The van der Waals surface area contributed by atoms with Crippen LogP contribution in [-0.2, 0) is 18.9 Å². The Hall–Kier alpha value is -0.440. The van der Waals surface area contributed by atoms with Gasteiger partial charge in [-0.05, 0) is 12.3 Å². The largest absolute Gasteiger partial charge is 0.394 e. The molecule has 10 atom stereocenters. The minimum Gasteiger partial charge on any atom is -0.394 e. The van der Waals surface area contributed by atoms with Crippen molar-refractivity contribution in [3.63, 3.8) is 0 Å². The smallest absolute Gasteiger partial charge is 0.187 e. The molecule has 194 valence electrons. The van der Waals surface area contributed by atoms with E-state index in [0.717, 1.165) is 25.2 Å². The summed E-state index contributed by atoms with van der Waals surface area (Å²) in [6.07, 6.45) is -4.85. The highest BCUT2D eigenvalue weighted by Crippen LogP contribution is 2.30. The van der Waals surface area contributed by atoms with Crippen molar-refractivity contribution in [1.29, 1.82) is 0 Å². The van der Waals surface area contributed by atoms with Gasteiger partial charge in [-0.1, -0.05) is 44.9 Å². The summed E-state index contributed by atoms with van der Waals surface area (Å²) in [5.74, 6) is 0.774. The van der Waals surface area contributed by atoms with Gasteiger partial charge in [0.05, 0.1) is 13.2 Å². The van der Waals surface area contributed by atoms with Crippen LogP contribution < -0.4 is 0 Å². The summed E-state index contributed by atoms with van der Waals surface area (Å²) in [5, 5.41) is 70.1. The first-order chi connectivity index (χ1) is 15.9. The highest BCUT2D eigenvalue weighted by atomic mass is 16.7. The van der Waals surface area contributed by atoms with Crippen molar-refractivity contribution in [2.24, 2.45) is 5.92 Å². The van der Waals surface area contributed by atoms with Crippen LogP contribution in [0, 0.1) is 5.92 Å². The zero-order chi connectivity index (χ0) is 24.0. The molecule has 7 N–H and O–H groups in total. The molecule has 0 spiro atoms. The molecule has 33 heavy (non-hydrogen) atoms. The van der Waals surface area contributed by atoms with Crippen molar-refractivity contribution >= 4 is 0 Å². The number of aliphatic hydroxyl groups is 7. The molecule has 2 aliphatic heterocycles. The average Bonchev–Trinajstić information content (AvgIpc) is 2.83. The number of unbranched alkanes of at least 4 members (excludes halogenated alkanes) is 1. The summed E-state index contributed by atoms with van der Waals surface area (Å²) in [6, 6.07) is 0. The fourth-order valence-corrected chi connectivity index (χ4v) is 4.90. The Labute approximate surface area is 193 Å². The van der Waals surface area contributed by atoms with Crippen molar-refractivity contribution < 1.29 is 54.7 Å². The van der Waals surface area contributed by atoms with Crippen LogP contribution in [0.1, 0.15) is 51.4 Å². The summed E-state index contributed by atoms with van der Waals surface area (Å²) in [4.78, 5) is 0. The summed E-state index contributed by atoms with van der Waals surface area (Å²) < 4.78 is 22.0. The van der Waals surface area contributed by atoms with Gasteiger partial charge in [0.25, 0.3) is 0 Å². The molecule has 0 amide bonds. The van der Waals surface area contributed by atoms with Gasteiger partial charge in [0.15, 0.2) is 12.6 Å². The molecule has 11 nitrogen and oxygen atoms in total. The van der Waals surface area contributed by atoms with Gasteiger partial charge in [0, 0.05) is 6.61 Å².